The van der Waals surface area contributed by atoms with Gasteiger partial charge in [0.05, 0.1) is 24.2 Å². The van der Waals surface area contributed by atoms with Crippen molar-refractivity contribution < 1.29 is 14.3 Å². The Hall–Kier alpha value is -3.45. The van der Waals surface area contributed by atoms with Crippen molar-refractivity contribution in [3.05, 3.63) is 83.2 Å². The minimum Gasteiger partial charge on any atom is -0.462 e. The maximum Gasteiger partial charge on any atom is 0.341 e. The standard InChI is InChI=1S/C28H34N4O3/c1-3-35-28(34)26-21-29-32(22(26)2)25-14-12-24(13-15-25)27(33)31-18-8-17-30(19-20-31)16-7-11-23-9-5-4-6-10-23/h4-6,9-10,12-15,21H,3,7-8,11,16-20H2,1-2H3. The van der Waals surface area contributed by atoms with Crippen LogP contribution in [-0.2, 0) is 11.2 Å². The SMILES string of the molecule is CCOC(=O)c1cnn(-c2ccc(C(=O)N3CCCN(CCCc4ccccc4)CC3)cc2)c1C. The molecule has 0 radical (unpaired) electrons. The average molecular weight is 475 g/mol. The van der Waals surface area contributed by atoms with Gasteiger partial charge in [0, 0.05) is 25.2 Å². The van der Waals surface area contributed by atoms with Crippen LogP contribution in [0.1, 0.15) is 51.7 Å². The van der Waals surface area contributed by atoms with Gasteiger partial charge in [-0.25, -0.2) is 9.48 Å². The second kappa shape index (κ2) is 11.8. The molecule has 0 saturated carbocycles. The van der Waals surface area contributed by atoms with Crippen LogP contribution in [0.2, 0.25) is 0 Å². The maximum atomic E-state index is 13.2. The molecular formula is C28H34N4O3. The summed E-state index contributed by atoms with van der Waals surface area (Å²) in [6.07, 6.45) is 4.72. The Morgan fingerprint density at radius 2 is 1.74 bits per heavy atom. The van der Waals surface area contributed by atoms with Gasteiger partial charge in [-0.05, 0) is 76.0 Å². The van der Waals surface area contributed by atoms with Crippen LogP contribution in [0.5, 0.6) is 0 Å². The van der Waals surface area contributed by atoms with Gasteiger partial charge in [-0.1, -0.05) is 30.3 Å². The first kappa shape index (κ1) is 24.7. The van der Waals surface area contributed by atoms with E-state index in [1.165, 1.54) is 11.8 Å². The van der Waals surface area contributed by atoms with E-state index in [4.69, 9.17) is 4.74 Å². The van der Waals surface area contributed by atoms with Gasteiger partial charge in [0.1, 0.15) is 5.56 Å². The number of esters is 1. The Morgan fingerprint density at radius 3 is 2.49 bits per heavy atom. The molecule has 2 aromatic carbocycles. The Balaban J connectivity index is 1.32. The maximum absolute atomic E-state index is 13.2. The summed E-state index contributed by atoms with van der Waals surface area (Å²) in [6, 6.07) is 18.0. The number of aryl methyl sites for hydroxylation is 1. The largest absolute Gasteiger partial charge is 0.462 e. The molecule has 3 aromatic rings. The van der Waals surface area contributed by atoms with E-state index in [0.29, 0.717) is 23.4 Å². The van der Waals surface area contributed by atoms with Crippen molar-refractivity contribution in [2.45, 2.75) is 33.1 Å². The molecule has 7 heteroatoms. The first-order valence-electron chi connectivity index (χ1n) is 12.4. The molecule has 1 amide bonds. The molecule has 2 heterocycles. The number of nitrogens with zero attached hydrogens (tertiary/aromatic N) is 4. The van der Waals surface area contributed by atoms with Gasteiger partial charge in [0.25, 0.3) is 5.91 Å². The lowest BCUT2D eigenvalue weighted by atomic mass is 10.1. The zero-order valence-electron chi connectivity index (χ0n) is 20.7. The molecule has 35 heavy (non-hydrogen) atoms. The number of amides is 1. The van der Waals surface area contributed by atoms with Crippen molar-refractivity contribution in [1.29, 1.82) is 0 Å². The first-order chi connectivity index (χ1) is 17.1. The van der Waals surface area contributed by atoms with Crippen LogP contribution in [0.15, 0.2) is 60.8 Å². The highest BCUT2D eigenvalue weighted by Gasteiger charge is 2.21. The van der Waals surface area contributed by atoms with E-state index in [-0.39, 0.29) is 11.9 Å². The zero-order chi connectivity index (χ0) is 24.6. The van der Waals surface area contributed by atoms with Gasteiger partial charge in [-0.15, -0.1) is 0 Å². The molecule has 1 fully saturated rings. The number of carbonyl (C=O) groups excluding carboxylic acids is 2. The number of rotatable bonds is 8. The lowest BCUT2D eigenvalue weighted by Gasteiger charge is -2.22. The third-order valence-electron chi connectivity index (χ3n) is 6.52. The summed E-state index contributed by atoms with van der Waals surface area (Å²) in [6.45, 7) is 8.44. The molecule has 0 atom stereocenters. The number of hydrogen-bond donors (Lipinski definition) is 0. The highest BCUT2D eigenvalue weighted by molar-refractivity contribution is 5.94. The Bertz CT molecular complexity index is 1120. The second-order valence-electron chi connectivity index (χ2n) is 8.90. The van der Waals surface area contributed by atoms with Gasteiger partial charge in [-0.2, -0.15) is 5.10 Å². The van der Waals surface area contributed by atoms with E-state index in [1.54, 1.807) is 11.6 Å². The summed E-state index contributed by atoms with van der Waals surface area (Å²) in [5.74, 6) is -0.314. The third kappa shape index (κ3) is 6.17. The Kier molecular flexibility index (Phi) is 8.32. The summed E-state index contributed by atoms with van der Waals surface area (Å²) in [5, 5.41) is 4.33. The monoisotopic (exact) mass is 474 g/mol. The molecule has 0 spiro atoms. The second-order valence-corrected chi connectivity index (χ2v) is 8.90. The van der Waals surface area contributed by atoms with Crippen molar-refractivity contribution in [1.82, 2.24) is 19.6 Å². The van der Waals surface area contributed by atoms with E-state index in [9.17, 15) is 9.59 Å². The molecule has 1 aliphatic heterocycles. The lowest BCUT2D eigenvalue weighted by Crippen LogP contribution is -2.35. The van der Waals surface area contributed by atoms with Gasteiger partial charge >= 0.3 is 5.97 Å². The minimum atomic E-state index is -0.377. The van der Waals surface area contributed by atoms with Crippen LogP contribution in [-0.4, -0.2) is 70.8 Å². The fraction of sp³-hybridized carbons (Fsp3) is 0.393. The number of ether oxygens (including phenoxy) is 1. The smallest absolute Gasteiger partial charge is 0.341 e. The van der Waals surface area contributed by atoms with Crippen molar-refractivity contribution in [3.8, 4) is 5.69 Å². The summed E-state index contributed by atoms with van der Waals surface area (Å²) < 4.78 is 6.78. The number of hydrogen-bond acceptors (Lipinski definition) is 5. The fourth-order valence-electron chi connectivity index (χ4n) is 4.56. The number of carbonyl (C=O) groups is 2. The van der Waals surface area contributed by atoms with Crippen LogP contribution in [0, 0.1) is 6.92 Å². The van der Waals surface area contributed by atoms with E-state index < -0.39 is 0 Å². The topological polar surface area (TPSA) is 67.7 Å². The van der Waals surface area contributed by atoms with Crippen LogP contribution < -0.4 is 0 Å². The van der Waals surface area contributed by atoms with Crippen LogP contribution in [0.4, 0.5) is 0 Å². The lowest BCUT2D eigenvalue weighted by molar-refractivity contribution is 0.0525. The predicted octanol–water partition coefficient (Wildman–Crippen LogP) is 4.14. The van der Waals surface area contributed by atoms with Crippen LogP contribution in [0.3, 0.4) is 0 Å². The molecule has 4 rings (SSSR count). The Labute approximate surface area is 207 Å². The predicted molar refractivity (Wildman–Crippen MR) is 136 cm³/mol. The molecule has 0 bridgehead atoms. The molecular weight excluding hydrogens is 440 g/mol. The molecule has 1 aromatic heterocycles. The van der Waals surface area contributed by atoms with Crippen LogP contribution >= 0.6 is 0 Å². The third-order valence-corrected chi connectivity index (χ3v) is 6.52. The summed E-state index contributed by atoms with van der Waals surface area (Å²) in [4.78, 5) is 29.7. The van der Waals surface area contributed by atoms with Gasteiger partial charge in [-0.3, -0.25) is 4.79 Å². The molecule has 0 unspecified atom stereocenters. The van der Waals surface area contributed by atoms with E-state index in [1.807, 2.05) is 36.1 Å². The van der Waals surface area contributed by atoms with Crippen molar-refractivity contribution in [2.24, 2.45) is 0 Å². The highest BCUT2D eigenvalue weighted by Crippen LogP contribution is 2.17. The van der Waals surface area contributed by atoms with Crippen molar-refractivity contribution in [2.75, 3.05) is 39.3 Å². The minimum absolute atomic E-state index is 0.0621. The zero-order valence-corrected chi connectivity index (χ0v) is 20.7. The fourth-order valence-corrected chi connectivity index (χ4v) is 4.56. The Morgan fingerprint density at radius 1 is 0.971 bits per heavy atom. The van der Waals surface area contributed by atoms with Gasteiger partial charge < -0.3 is 14.5 Å². The highest BCUT2D eigenvalue weighted by atomic mass is 16.5. The number of aromatic nitrogens is 2. The van der Waals surface area contributed by atoms with E-state index in [0.717, 1.165) is 57.7 Å². The molecule has 7 nitrogen and oxygen atoms in total. The molecule has 1 aliphatic rings. The number of benzene rings is 2. The van der Waals surface area contributed by atoms with Crippen LogP contribution in [0.25, 0.3) is 5.69 Å². The molecule has 0 N–H and O–H groups in total. The molecule has 184 valence electrons. The molecule has 1 saturated heterocycles. The summed E-state index contributed by atoms with van der Waals surface area (Å²) in [5.41, 5.74) is 4.01. The quantitative estimate of drug-likeness (QED) is 0.459. The van der Waals surface area contributed by atoms with E-state index >= 15 is 0 Å². The average Bonchev–Trinajstić information content (AvgIpc) is 3.11. The summed E-state index contributed by atoms with van der Waals surface area (Å²) in [7, 11) is 0. The summed E-state index contributed by atoms with van der Waals surface area (Å²) >= 11 is 0. The van der Waals surface area contributed by atoms with Crippen molar-refractivity contribution in [3.63, 3.8) is 0 Å². The van der Waals surface area contributed by atoms with E-state index in [2.05, 4.69) is 40.3 Å². The van der Waals surface area contributed by atoms with Gasteiger partial charge in [0.15, 0.2) is 0 Å². The molecule has 0 aliphatic carbocycles. The van der Waals surface area contributed by atoms with Gasteiger partial charge in [0.2, 0.25) is 0 Å². The normalized spacial score (nSPS) is 14.5. The first-order valence-corrected chi connectivity index (χ1v) is 12.4. The van der Waals surface area contributed by atoms with Crippen molar-refractivity contribution >= 4 is 11.9 Å².